The molecular formula is C26H54O2. The van der Waals surface area contributed by atoms with E-state index in [4.69, 9.17) is 9.78 Å². The summed E-state index contributed by atoms with van der Waals surface area (Å²) in [4.78, 5) is 12.5. The van der Waals surface area contributed by atoms with Crippen LogP contribution in [0.4, 0.5) is 0 Å². The molecule has 2 nitrogen and oxygen atoms in total. The summed E-state index contributed by atoms with van der Waals surface area (Å²) in [5.74, 6) is 0. The van der Waals surface area contributed by atoms with Crippen LogP contribution in [0, 0.1) is 21.7 Å². The topological polar surface area (TPSA) is 18.5 Å². The Bertz CT molecular complexity index is 368. The molecule has 0 saturated heterocycles. The van der Waals surface area contributed by atoms with Crippen LogP contribution in [-0.2, 0) is 9.78 Å². The van der Waals surface area contributed by atoms with E-state index in [0.717, 1.165) is 12.8 Å². The zero-order valence-corrected chi connectivity index (χ0v) is 21.6. The van der Waals surface area contributed by atoms with E-state index in [1.807, 2.05) is 0 Å². The lowest BCUT2D eigenvalue weighted by atomic mass is 9.56. The van der Waals surface area contributed by atoms with Crippen LogP contribution < -0.4 is 0 Å². The summed E-state index contributed by atoms with van der Waals surface area (Å²) in [5, 5.41) is 0. The van der Waals surface area contributed by atoms with Crippen LogP contribution in [0.5, 0.6) is 0 Å². The molecule has 0 aliphatic rings. The quantitative estimate of drug-likeness (QED) is 0.202. The second-order valence-corrected chi connectivity index (χ2v) is 9.70. The minimum absolute atomic E-state index is 0.0696. The third kappa shape index (κ3) is 4.64. The van der Waals surface area contributed by atoms with Gasteiger partial charge < -0.3 is 0 Å². The van der Waals surface area contributed by atoms with Crippen LogP contribution in [0.15, 0.2) is 0 Å². The van der Waals surface area contributed by atoms with Gasteiger partial charge in [0.1, 0.15) is 0 Å². The van der Waals surface area contributed by atoms with Gasteiger partial charge in [0.2, 0.25) is 0 Å². The first-order valence-corrected chi connectivity index (χ1v) is 12.4. The average molecular weight is 399 g/mol. The number of hydrogen-bond donors (Lipinski definition) is 0. The number of rotatable bonds is 15. The molecule has 0 heterocycles. The Morgan fingerprint density at radius 1 is 0.464 bits per heavy atom. The summed E-state index contributed by atoms with van der Waals surface area (Å²) >= 11 is 0. The SMILES string of the molecule is CCC(CC)(CC)C(C)(CC)C(C)OOC(C)C(C)(CC)C(CC)(CC)CC. The summed E-state index contributed by atoms with van der Waals surface area (Å²) < 4.78 is 0. The zero-order valence-electron chi connectivity index (χ0n) is 21.6. The smallest absolute Gasteiger partial charge is 0.0960 e. The first-order chi connectivity index (χ1) is 13.0. The Labute approximate surface area is 178 Å². The van der Waals surface area contributed by atoms with E-state index in [0.29, 0.717) is 10.8 Å². The maximum absolute atomic E-state index is 6.25. The van der Waals surface area contributed by atoms with Crippen molar-refractivity contribution in [3.05, 3.63) is 0 Å². The van der Waals surface area contributed by atoms with Crippen molar-refractivity contribution in [1.82, 2.24) is 0 Å². The molecule has 4 atom stereocenters. The van der Waals surface area contributed by atoms with Gasteiger partial charge >= 0.3 is 0 Å². The first-order valence-electron chi connectivity index (χ1n) is 12.4. The second-order valence-electron chi connectivity index (χ2n) is 9.70. The third-order valence-corrected chi connectivity index (χ3v) is 10.1. The van der Waals surface area contributed by atoms with Gasteiger partial charge in [-0.05, 0) is 76.0 Å². The molecule has 0 spiro atoms. The van der Waals surface area contributed by atoms with E-state index in [-0.39, 0.29) is 23.0 Å². The lowest BCUT2D eigenvalue weighted by Crippen LogP contribution is -2.50. The highest BCUT2D eigenvalue weighted by Crippen LogP contribution is 2.54. The predicted molar refractivity (Wildman–Crippen MR) is 125 cm³/mol. The van der Waals surface area contributed by atoms with Gasteiger partial charge in [-0.2, -0.15) is 0 Å². The van der Waals surface area contributed by atoms with Crippen LogP contribution in [0.2, 0.25) is 0 Å². The molecule has 0 rings (SSSR count). The molecule has 0 aromatic carbocycles. The minimum atomic E-state index is 0.0696. The van der Waals surface area contributed by atoms with Crippen molar-refractivity contribution in [2.75, 3.05) is 0 Å². The fourth-order valence-electron chi connectivity index (χ4n) is 6.49. The molecule has 0 amide bonds. The van der Waals surface area contributed by atoms with Gasteiger partial charge in [-0.3, -0.25) is 0 Å². The highest BCUT2D eigenvalue weighted by molar-refractivity contribution is 4.97. The van der Waals surface area contributed by atoms with Crippen LogP contribution in [0.25, 0.3) is 0 Å². The second kappa shape index (κ2) is 11.3. The molecule has 2 heteroatoms. The minimum Gasteiger partial charge on any atom is -0.233 e. The predicted octanol–water partition coefficient (Wildman–Crippen LogP) is 8.98. The first kappa shape index (κ1) is 27.9. The third-order valence-electron chi connectivity index (χ3n) is 10.1. The lowest BCUT2D eigenvalue weighted by Gasteiger charge is -2.52. The standard InChI is InChI=1S/C26H54O2/c1-13-23(11,25(15-3,16-4)17-5)21(9)27-28-22(10)24(12,14-2)26(18-6,19-7)20-8/h21-22H,13-20H2,1-12H3. The van der Waals surface area contributed by atoms with Crippen LogP contribution >= 0.6 is 0 Å². The molecular weight excluding hydrogens is 344 g/mol. The molecule has 0 fully saturated rings. The summed E-state index contributed by atoms with van der Waals surface area (Å²) in [6.45, 7) is 27.9. The van der Waals surface area contributed by atoms with Gasteiger partial charge in [-0.25, -0.2) is 9.78 Å². The molecule has 0 aliphatic heterocycles. The Hall–Kier alpha value is -0.0800. The van der Waals surface area contributed by atoms with Crippen molar-refractivity contribution in [2.24, 2.45) is 21.7 Å². The van der Waals surface area contributed by atoms with E-state index < -0.39 is 0 Å². The lowest BCUT2D eigenvalue weighted by molar-refractivity contribution is -0.390. The molecule has 0 radical (unpaired) electrons. The van der Waals surface area contributed by atoms with Crippen molar-refractivity contribution in [2.45, 2.75) is 147 Å². The summed E-state index contributed by atoms with van der Waals surface area (Å²) in [6, 6.07) is 0. The van der Waals surface area contributed by atoms with E-state index in [2.05, 4.69) is 83.1 Å². The van der Waals surface area contributed by atoms with Crippen molar-refractivity contribution in [1.29, 1.82) is 0 Å². The fourth-order valence-corrected chi connectivity index (χ4v) is 6.49. The maximum atomic E-state index is 6.25. The molecule has 0 aromatic heterocycles. The van der Waals surface area contributed by atoms with Crippen molar-refractivity contribution < 1.29 is 9.78 Å². The molecule has 0 saturated carbocycles. The zero-order chi connectivity index (χ0) is 22.2. The fraction of sp³-hybridized carbons (Fsp3) is 1.00. The van der Waals surface area contributed by atoms with Gasteiger partial charge in [0.05, 0.1) is 12.2 Å². The monoisotopic (exact) mass is 398 g/mol. The van der Waals surface area contributed by atoms with Gasteiger partial charge in [0.25, 0.3) is 0 Å². The molecule has 0 aliphatic carbocycles. The summed E-state index contributed by atoms with van der Waals surface area (Å²) in [7, 11) is 0. The van der Waals surface area contributed by atoms with E-state index in [1.54, 1.807) is 0 Å². The Kier molecular flexibility index (Phi) is 11.3. The molecule has 0 bridgehead atoms. The van der Waals surface area contributed by atoms with E-state index in [1.165, 1.54) is 38.5 Å². The Morgan fingerprint density at radius 2 is 0.679 bits per heavy atom. The molecule has 0 N–H and O–H groups in total. The Balaban J connectivity index is 5.59. The van der Waals surface area contributed by atoms with E-state index in [9.17, 15) is 0 Å². The normalized spacial score (nSPS) is 19.7. The van der Waals surface area contributed by atoms with Gasteiger partial charge in [-0.1, -0.05) is 69.2 Å². The van der Waals surface area contributed by atoms with E-state index >= 15 is 0 Å². The molecule has 4 unspecified atom stereocenters. The molecule has 170 valence electrons. The molecule has 0 aromatic rings. The van der Waals surface area contributed by atoms with Crippen molar-refractivity contribution >= 4 is 0 Å². The summed E-state index contributed by atoms with van der Waals surface area (Å²) in [5.41, 5.74) is 0.791. The van der Waals surface area contributed by atoms with Crippen molar-refractivity contribution in [3.63, 3.8) is 0 Å². The highest BCUT2D eigenvalue weighted by Gasteiger charge is 2.50. The number of hydrogen-bond acceptors (Lipinski definition) is 2. The van der Waals surface area contributed by atoms with Crippen LogP contribution in [0.3, 0.4) is 0 Å². The average Bonchev–Trinajstić information content (AvgIpc) is 2.74. The maximum Gasteiger partial charge on any atom is 0.0960 e. The van der Waals surface area contributed by atoms with Gasteiger partial charge in [0.15, 0.2) is 0 Å². The Morgan fingerprint density at radius 3 is 0.821 bits per heavy atom. The van der Waals surface area contributed by atoms with Crippen LogP contribution in [-0.4, -0.2) is 12.2 Å². The molecule has 28 heavy (non-hydrogen) atoms. The van der Waals surface area contributed by atoms with Crippen LogP contribution in [0.1, 0.15) is 134 Å². The van der Waals surface area contributed by atoms with Gasteiger partial charge in [-0.15, -0.1) is 0 Å². The van der Waals surface area contributed by atoms with Crippen molar-refractivity contribution in [3.8, 4) is 0 Å². The summed E-state index contributed by atoms with van der Waals surface area (Å²) in [6.07, 6.45) is 9.46. The highest BCUT2D eigenvalue weighted by atomic mass is 17.2. The largest absolute Gasteiger partial charge is 0.233 e. The van der Waals surface area contributed by atoms with Gasteiger partial charge in [0, 0.05) is 10.8 Å².